The highest BCUT2D eigenvalue weighted by Gasteiger charge is 2.19. The van der Waals surface area contributed by atoms with Crippen molar-refractivity contribution in [2.45, 2.75) is 32.0 Å². The lowest BCUT2D eigenvalue weighted by Crippen LogP contribution is -2.27. The van der Waals surface area contributed by atoms with Gasteiger partial charge in [0.25, 0.3) is 5.91 Å². The Balaban J connectivity index is 2.14. The number of hydrogen-bond acceptors (Lipinski definition) is 5. The number of aryl methyl sites for hydroxylation is 2. The van der Waals surface area contributed by atoms with E-state index < -0.39 is 0 Å². The summed E-state index contributed by atoms with van der Waals surface area (Å²) in [4.78, 5) is 20.5. The summed E-state index contributed by atoms with van der Waals surface area (Å²) in [5, 5.41) is 7.99. The molecule has 21 heavy (non-hydrogen) atoms. The van der Waals surface area contributed by atoms with Crippen molar-refractivity contribution in [3.05, 3.63) is 34.9 Å². The topological polar surface area (TPSA) is 72.7 Å². The fraction of sp³-hybridized carbons (Fsp3) is 0.429. The van der Waals surface area contributed by atoms with E-state index in [2.05, 4.69) is 20.4 Å². The second kappa shape index (κ2) is 6.26. The molecule has 1 N–H and O–H groups in total. The summed E-state index contributed by atoms with van der Waals surface area (Å²) >= 11 is 1.44. The minimum absolute atomic E-state index is 0.119. The Bertz CT molecular complexity index is 650. The molecule has 2 heterocycles. The van der Waals surface area contributed by atoms with Gasteiger partial charge in [-0.05, 0) is 27.0 Å². The monoisotopic (exact) mass is 305 g/mol. The molecule has 0 bridgehead atoms. The van der Waals surface area contributed by atoms with Crippen LogP contribution in [0.2, 0.25) is 0 Å². The SMILES string of the molecule is CSc1ncc(C(=O)NC(C)c2c(C)nn(C)c2C)cn1. The molecule has 0 aromatic carbocycles. The maximum absolute atomic E-state index is 12.2. The van der Waals surface area contributed by atoms with Crippen LogP contribution in [0.3, 0.4) is 0 Å². The van der Waals surface area contributed by atoms with Crippen molar-refractivity contribution < 1.29 is 4.79 Å². The van der Waals surface area contributed by atoms with Crippen molar-refractivity contribution in [3.63, 3.8) is 0 Å². The summed E-state index contributed by atoms with van der Waals surface area (Å²) in [5.74, 6) is -0.183. The minimum atomic E-state index is -0.183. The van der Waals surface area contributed by atoms with Gasteiger partial charge in [0.05, 0.1) is 17.3 Å². The first kappa shape index (κ1) is 15.5. The maximum atomic E-state index is 12.2. The third-order valence-corrected chi connectivity index (χ3v) is 3.99. The van der Waals surface area contributed by atoms with Crippen LogP contribution in [0.25, 0.3) is 0 Å². The van der Waals surface area contributed by atoms with Gasteiger partial charge >= 0.3 is 0 Å². The highest BCUT2D eigenvalue weighted by atomic mass is 32.2. The molecule has 1 unspecified atom stereocenters. The normalized spacial score (nSPS) is 12.2. The van der Waals surface area contributed by atoms with Gasteiger partial charge in [-0.2, -0.15) is 5.10 Å². The van der Waals surface area contributed by atoms with Gasteiger partial charge in [0.15, 0.2) is 5.16 Å². The van der Waals surface area contributed by atoms with Crippen LogP contribution in [0, 0.1) is 13.8 Å². The Hall–Kier alpha value is -1.89. The summed E-state index contributed by atoms with van der Waals surface area (Å²) in [6.45, 7) is 5.89. The largest absolute Gasteiger partial charge is 0.345 e. The van der Waals surface area contributed by atoms with Gasteiger partial charge in [-0.25, -0.2) is 9.97 Å². The number of thioether (sulfide) groups is 1. The predicted octanol–water partition coefficient (Wildman–Crippen LogP) is 2.04. The van der Waals surface area contributed by atoms with E-state index in [0.29, 0.717) is 10.7 Å². The van der Waals surface area contributed by atoms with Gasteiger partial charge in [-0.1, -0.05) is 11.8 Å². The molecule has 7 heteroatoms. The quantitative estimate of drug-likeness (QED) is 0.691. The summed E-state index contributed by atoms with van der Waals surface area (Å²) < 4.78 is 1.82. The van der Waals surface area contributed by atoms with Crippen LogP contribution in [0.4, 0.5) is 0 Å². The number of nitrogens with zero attached hydrogens (tertiary/aromatic N) is 4. The van der Waals surface area contributed by atoms with Crippen molar-refractivity contribution in [2.75, 3.05) is 6.26 Å². The second-order valence-electron chi connectivity index (χ2n) is 4.86. The maximum Gasteiger partial charge on any atom is 0.254 e. The number of nitrogens with one attached hydrogen (secondary N) is 1. The summed E-state index contributed by atoms with van der Waals surface area (Å²) in [6.07, 6.45) is 4.98. The number of carbonyl (C=O) groups is 1. The van der Waals surface area contributed by atoms with Crippen LogP contribution < -0.4 is 5.32 Å². The van der Waals surface area contributed by atoms with Crippen LogP contribution in [0.1, 0.15) is 40.3 Å². The van der Waals surface area contributed by atoms with Gasteiger partial charge in [0.1, 0.15) is 0 Å². The van der Waals surface area contributed by atoms with Crippen LogP contribution in [-0.4, -0.2) is 31.9 Å². The molecule has 112 valence electrons. The predicted molar refractivity (Wildman–Crippen MR) is 82.4 cm³/mol. The molecule has 0 saturated heterocycles. The average molecular weight is 305 g/mol. The second-order valence-corrected chi connectivity index (χ2v) is 5.64. The van der Waals surface area contributed by atoms with Gasteiger partial charge < -0.3 is 5.32 Å². The average Bonchev–Trinajstić information content (AvgIpc) is 2.72. The number of aromatic nitrogens is 4. The van der Waals surface area contributed by atoms with Crippen molar-refractivity contribution in [1.29, 1.82) is 0 Å². The van der Waals surface area contributed by atoms with E-state index in [1.807, 2.05) is 38.8 Å². The zero-order chi connectivity index (χ0) is 15.6. The Kier molecular flexibility index (Phi) is 4.62. The molecule has 1 atom stereocenters. The van der Waals surface area contributed by atoms with Crippen molar-refractivity contribution in [2.24, 2.45) is 7.05 Å². The number of carbonyl (C=O) groups excluding carboxylic acids is 1. The lowest BCUT2D eigenvalue weighted by Gasteiger charge is -2.14. The number of hydrogen-bond donors (Lipinski definition) is 1. The van der Waals surface area contributed by atoms with Crippen molar-refractivity contribution >= 4 is 17.7 Å². The Labute approximate surface area is 128 Å². The zero-order valence-electron chi connectivity index (χ0n) is 12.8. The molecule has 0 aliphatic rings. The minimum Gasteiger partial charge on any atom is -0.345 e. The fourth-order valence-corrected chi connectivity index (χ4v) is 2.62. The molecule has 2 aromatic rings. The summed E-state index contributed by atoms with van der Waals surface area (Å²) in [7, 11) is 1.90. The molecule has 1 amide bonds. The smallest absolute Gasteiger partial charge is 0.254 e. The Morgan fingerprint density at radius 3 is 2.43 bits per heavy atom. The number of rotatable bonds is 4. The number of amides is 1. The van der Waals surface area contributed by atoms with E-state index in [9.17, 15) is 4.79 Å². The van der Waals surface area contributed by atoms with Gasteiger partial charge in [-0.3, -0.25) is 9.48 Å². The molecule has 2 rings (SSSR count). The summed E-state index contributed by atoms with van der Waals surface area (Å²) in [6, 6.07) is -0.119. The van der Waals surface area contributed by atoms with E-state index in [0.717, 1.165) is 17.0 Å². The van der Waals surface area contributed by atoms with E-state index in [-0.39, 0.29) is 11.9 Å². The molecular formula is C14H19N5OS. The van der Waals surface area contributed by atoms with E-state index >= 15 is 0 Å². The fourth-order valence-electron chi connectivity index (χ4n) is 2.31. The highest BCUT2D eigenvalue weighted by molar-refractivity contribution is 7.98. The van der Waals surface area contributed by atoms with E-state index in [4.69, 9.17) is 0 Å². The molecule has 0 fully saturated rings. The summed E-state index contributed by atoms with van der Waals surface area (Å²) in [5.41, 5.74) is 3.48. The first-order valence-electron chi connectivity index (χ1n) is 6.61. The zero-order valence-corrected chi connectivity index (χ0v) is 13.7. The molecule has 0 radical (unpaired) electrons. The molecule has 6 nitrogen and oxygen atoms in total. The van der Waals surface area contributed by atoms with Crippen LogP contribution in [0.5, 0.6) is 0 Å². The van der Waals surface area contributed by atoms with Crippen LogP contribution in [0.15, 0.2) is 17.6 Å². The molecule has 0 aliphatic carbocycles. The molecule has 0 aliphatic heterocycles. The Morgan fingerprint density at radius 2 is 1.95 bits per heavy atom. The van der Waals surface area contributed by atoms with Crippen molar-refractivity contribution in [3.8, 4) is 0 Å². The molecule has 0 saturated carbocycles. The third kappa shape index (κ3) is 3.24. The third-order valence-electron chi connectivity index (χ3n) is 3.42. The Morgan fingerprint density at radius 1 is 1.33 bits per heavy atom. The molecular weight excluding hydrogens is 286 g/mol. The first-order valence-corrected chi connectivity index (χ1v) is 7.83. The van der Waals surface area contributed by atoms with Gasteiger partial charge in [-0.15, -0.1) is 0 Å². The lowest BCUT2D eigenvalue weighted by atomic mass is 10.1. The van der Waals surface area contributed by atoms with Crippen molar-refractivity contribution in [1.82, 2.24) is 25.1 Å². The van der Waals surface area contributed by atoms with E-state index in [1.54, 1.807) is 12.4 Å². The van der Waals surface area contributed by atoms with Crippen LogP contribution in [-0.2, 0) is 7.05 Å². The van der Waals surface area contributed by atoms with Gasteiger partial charge in [0.2, 0.25) is 0 Å². The molecule has 2 aromatic heterocycles. The standard InChI is InChI=1S/C14H19N5OS/c1-8(12-9(2)18-19(4)10(12)3)17-13(20)11-6-15-14(21-5)16-7-11/h6-8H,1-5H3,(H,17,20). The van der Waals surface area contributed by atoms with Gasteiger partial charge in [0, 0.05) is 30.7 Å². The van der Waals surface area contributed by atoms with E-state index in [1.165, 1.54) is 11.8 Å². The van der Waals surface area contributed by atoms with Crippen LogP contribution >= 0.6 is 11.8 Å². The molecule has 0 spiro atoms. The highest BCUT2D eigenvalue weighted by Crippen LogP contribution is 2.21. The lowest BCUT2D eigenvalue weighted by molar-refractivity contribution is 0.0939. The first-order chi connectivity index (χ1) is 9.93.